The van der Waals surface area contributed by atoms with Crippen molar-refractivity contribution in [2.45, 2.75) is 78.6 Å². The largest absolute Gasteiger partial charge is 0.509 e. The Morgan fingerprint density at radius 1 is 0.515 bits per heavy atom. The third kappa shape index (κ3) is 8.46. The van der Waals surface area contributed by atoms with Gasteiger partial charge in [0.05, 0.1) is 0 Å². The predicted octanol–water partition coefficient (Wildman–Crippen LogP) is 16.2. The normalized spacial score (nSPS) is 13.0. The zero-order valence-electron chi connectivity index (χ0n) is 39.2. The SMILES string of the molecule is CC(C)(C)c1ccnc(-n2c3[c-]c(Oc4[c-]c(N5[CH-]N(c6cc(-c7ccccc7)cc(-c7ccccc7)c6)c6ccc(C(C)(C)C)cc65)ccc4)ccc3c3c(C(C)(C)C)cccc32)c1.[Pt]. The van der Waals surface area contributed by atoms with Gasteiger partial charge in [0.1, 0.15) is 5.82 Å². The summed E-state index contributed by atoms with van der Waals surface area (Å²) in [5.74, 6) is 2.06. The third-order valence-corrected chi connectivity index (χ3v) is 12.6. The Morgan fingerprint density at radius 3 is 1.80 bits per heavy atom. The Morgan fingerprint density at radius 2 is 1.15 bits per heavy atom. The van der Waals surface area contributed by atoms with Crippen LogP contribution in [-0.4, -0.2) is 9.55 Å². The fraction of sp³-hybridized carbons (Fsp3) is 0.200. The summed E-state index contributed by atoms with van der Waals surface area (Å²) >= 11 is 0. The van der Waals surface area contributed by atoms with E-state index in [0.29, 0.717) is 11.5 Å². The summed E-state index contributed by atoms with van der Waals surface area (Å²) in [6.45, 7) is 22.5. The summed E-state index contributed by atoms with van der Waals surface area (Å²) < 4.78 is 9.00. The molecule has 0 spiro atoms. The molecule has 0 saturated carbocycles. The van der Waals surface area contributed by atoms with E-state index in [0.717, 1.165) is 56.1 Å². The molecule has 6 heteroatoms. The van der Waals surface area contributed by atoms with Crippen LogP contribution in [0.4, 0.5) is 22.7 Å². The van der Waals surface area contributed by atoms with Crippen molar-refractivity contribution >= 4 is 44.6 Å². The molecule has 10 rings (SSSR count). The minimum atomic E-state index is -0.0762. The zero-order chi connectivity index (χ0) is 45.3. The number of rotatable bonds is 7. The second kappa shape index (κ2) is 17.1. The second-order valence-corrected chi connectivity index (χ2v) is 20.3. The molecule has 9 aromatic rings. The monoisotopic (exact) mass is 1040 g/mol. The van der Waals surface area contributed by atoms with E-state index in [9.17, 15) is 0 Å². The minimum Gasteiger partial charge on any atom is -0.509 e. The van der Waals surface area contributed by atoms with Gasteiger partial charge in [0, 0.05) is 61.3 Å². The van der Waals surface area contributed by atoms with Gasteiger partial charge in [-0.1, -0.05) is 147 Å². The molecule has 3 heterocycles. The van der Waals surface area contributed by atoms with E-state index in [1.54, 1.807) is 0 Å². The van der Waals surface area contributed by atoms with E-state index in [4.69, 9.17) is 9.72 Å². The molecule has 0 unspecified atom stereocenters. The van der Waals surface area contributed by atoms with Crippen LogP contribution in [0, 0.1) is 18.8 Å². The first kappa shape index (κ1) is 44.8. The first-order valence-electron chi connectivity index (χ1n) is 22.6. The van der Waals surface area contributed by atoms with Gasteiger partial charge in [-0.15, -0.1) is 48.1 Å². The molecule has 0 aliphatic carbocycles. The van der Waals surface area contributed by atoms with Crippen molar-refractivity contribution in [1.29, 1.82) is 0 Å². The maximum atomic E-state index is 6.76. The fourth-order valence-electron chi connectivity index (χ4n) is 9.03. The molecule has 0 atom stereocenters. The number of ether oxygens (including phenoxy) is 1. The van der Waals surface area contributed by atoms with Crippen molar-refractivity contribution in [2.75, 3.05) is 9.80 Å². The van der Waals surface area contributed by atoms with Gasteiger partial charge >= 0.3 is 0 Å². The Labute approximate surface area is 405 Å². The van der Waals surface area contributed by atoms with Gasteiger partial charge in [-0.05, 0) is 109 Å². The molecule has 5 nitrogen and oxygen atoms in total. The quantitative estimate of drug-likeness (QED) is 0.149. The summed E-state index contributed by atoms with van der Waals surface area (Å²) in [7, 11) is 0. The van der Waals surface area contributed by atoms with Crippen LogP contribution in [0.2, 0.25) is 0 Å². The van der Waals surface area contributed by atoms with Crippen LogP contribution in [0.15, 0.2) is 164 Å². The Kier molecular flexibility index (Phi) is 11.6. The number of pyridine rings is 1. The first-order chi connectivity index (χ1) is 31.1. The Hall–Kier alpha value is -6.42. The first-order valence-corrected chi connectivity index (χ1v) is 22.6. The maximum Gasteiger partial charge on any atom is 0.135 e. The van der Waals surface area contributed by atoms with Crippen LogP contribution >= 0.6 is 0 Å². The maximum absolute atomic E-state index is 6.76. The van der Waals surface area contributed by atoms with E-state index >= 15 is 0 Å². The van der Waals surface area contributed by atoms with Crippen molar-refractivity contribution in [3.8, 4) is 39.6 Å². The van der Waals surface area contributed by atoms with Crippen molar-refractivity contribution in [3.63, 3.8) is 0 Å². The van der Waals surface area contributed by atoms with E-state index in [2.05, 4.69) is 235 Å². The third-order valence-electron chi connectivity index (χ3n) is 12.6. The van der Waals surface area contributed by atoms with Crippen LogP contribution in [-0.2, 0) is 37.3 Å². The van der Waals surface area contributed by atoms with Gasteiger partial charge in [0.2, 0.25) is 0 Å². The molecule has 334 valence electrons. The molecule has 0 saturated heterocycles. The predicted molar refractivity (Wildman–Crippen MR) is 271 cm³/mol. The average Bonchev–Trinajstić information content (AvgIpc) is 3.84. The van der Waals surface area contributed by atoms with Gasteiger partial charge < -0.3 is 19.1 Å². The van der Waals surface area contributed by atoms with E-state index in [1.165, 1.54) is 33.2 Å². The summed E-state index contributed by atoms with van der Waals surface area (Å²) in [5, 5.41) is 2.32. The molecule has 2 aromatic heterocycles. The smallest absolute Gasteiger partial charge is 0.135 e. The van der Waals surface area contributed by atoms with Gasteiger partial charge in [0.15, 0.2) is 0 Å². The number of fused-ring (bicyclic) bond motifs is 4. The molecule has 0 amide bonds. The van der Waals surface area contributed by atoms with Crippen molar-refractivity contribution < 1.29 is 25.8 Å². The van der Waals surface area contributed by atoms with Gasteiger partial charge in [-0.25, -0.2) is 4.98 Å². The fourth-order valence-corrected chi connectivity index (χ4v) is 9.03. The number of anilines is 4. The topological polar surface area (TPSA) is 33.5 Å². The standard InChI is InChI=1S/C60H55N4O.Pt/c1-58(2,3)44-26-29-52-55(35-44)62(39-63(52)47-33-42(40-18-12-10-13-19-40)32-43(34-47)41-20-14-11-15-21-41)46-22-16-23-48(37-46)65-49-27-28-50-54(38-49)64(56-36-45(30-31-61-56)59(4,5)6)53-25-17-24-51(57(50)53)60(7,8)9;/h10-36,39H,1-9H3;/q-3;. The van der Waals surface area contributed by atoms with E-state index < -0.39 is 0 Å². The summed E-state index contributed by atoms with van der Waals surface area (Å²) in [4.78, 5) is 9.49. The number of hydrogen-bond donors (Lipinski definition) is 0. The second-order valence-electron chi connectivity index (χ2n) is 20.3. The molecule has 1 aliphatic heterocycles. The Balaban J connectivity index is 0.00000548. The molecular formula is C60H55N4OPt-3. The van der Waals surface area contributed by atoms with Crippen LogP contribution in [0.5, 0.6) is 11.5 Å². The van der Waals surface area contributed by atoms with Crippen LogP contribution in [0.25, 0.3) is 49.9 Å². The molecule has 66 heavy (non-hydrogen) atoms. The Bertz CT molecular complexity index is 3170. The minimum absolute atomic E-state index is 0. The van der Waals surface area contributed by atoms with E-state index in [1.807, 2.05) is 24.4 Å². The van der Waals surface area contributed by atoms with Crippen molar-refractivity contribution in [2.24, 2.45) is 0 Å². The molecule has 0 fully saturated rings. The van der Waals surface area contributed by atoms with Gasteiger partial charge in [0.25, 0.3) is 0 Å². The molecule has 0 N–H and O–H groups in total. The molecular weight excluding hydrogens is 988 g/mol. The van der Waals surface area contributed by atoms with Crippen LogP contribution < -0.4 is 14.5 Å². The van der Waals surface area contributed by atoms with Crippen molar-refractivity contribution in [3.05, 3.63) is 199 Å². The zero-order valence-corrected chi connectivity index (χ0v) is 41.5. The number of benzene rings is 7. The molecule has 0 radical (unpaired) electrons. The molecule has 0 bridgehead atoms. The van der Waals surface area contributed by atoms with Crippen LogP contribution in [0.1, 0.15) is 79.0 Å². The van der Waals surface area contributed by atoms with Gasteiger partial charge in [-0.3, -0.25) is 0 Å². The number of nitrogens with zero attached hydrogens (tertiary/aromatic N) is 4. The molecule has 7 aromatic carbocycles. The summed E-state index contributed by atoms with van der Waals surface area (Å²) in [5.41, 5.74) is 14.4. The average molecular weight is 1040 g/mol. The van der Waals surface area contributed by atoms with Crippen LogP contribution in [0.3, 0.4) is 0 Å². The van der Waals surface area contributed by atoms with Gasteiger partial charge in [-0.2, -0.15) is 12.1 Å². The van der Waals surface area contributed by atoms with E-state index in [-0.39, 0.29) is 37.3 Å². The van der Waals surface area contributed by atoms with Crippen molar-refractivity contribution in [1.82, 2.24) is 9.55 Å². The number of aromatic nitrogens is 2. The molecule has 1 aliphatic rings. The summed E-state index contributed by atoms with van der Waals surface area (Å²) in [6, 6.07) is 63.6. The summed E-state index contributed by atoms with van der Waals surface area (Å²) in [6.07, 6.45) is 1.92. The number of hydrogen-bond acceptors (Lipinski definition) is 4.